The van der Waals surface area contributed by atoms with Crippen molar-refractivity contribution in [3.8, 4) is 0 Å². The molecule has 0 bridgehead atoms. The van der Waals surface area contributed by atoms with Crippen LogP contribution in [0.1, 0.15) is 12.7 Å². The molecule has 0 spiro atoms. The van der Waals surface area contributed by atoms with Crippen molar-refractivity contribution >= 4 is 50.9 Å². The zero-order chi connectivity index (χ0) is 15.4. The number of aryl methyl sites for hydroxylation is 1. The van der Waals surface area contributed by atoms with Crippen LogP contribution in [-0.4, -0.2) is 26.5 Å². The van der Waals surface area contributed by atoms with Crippen molar-refractivity contribution < 1.29 is 4.79 Å². The summed E-state index contributed by atoms with van der Waals surface area (Å²) in [5, 5.41) is 11.7. The maximum atomic E-state index is 11.9. The number of hydrogen-bond donors (Lipinski definition) is 2. The standard InChI is InChI=1S/C12H13BrClN5OS/c1-2-10-17-18-12(19(10)15)21-6-11(20)16-7-3-4-9(14)8(13)5-7/h3-5H,2,6,15H2,1H3,(H,16,20). The third kappa shape index (κ3) is 4.12. The smallest absolute Gasteiger partial charge is 0.234 e. The average Bonchev–Trinajstić information content (AvgIpc) is 2.81. The van der Waals surface area contributed by atoms with Crippen molar-refractivity contribution in [2.45, 2.75) is 18.5 Å². The summed E-state index contributed by atoms with van der Waals surface area (Å²) < 4.78 is 2.13. The lowest BCUT2D eigenvalue weighted by Crippen LogP contribution is -2.17. The maximum absolute atomic E-state index is 11.9. The first-order valence-corrected chi connectivity index (χ1v) is 8.24. The number of rotatable bonds is 5. The molecule has 0 radical (unpaired) electrons. The quantitative estimate of drug-likeness (QED) is 0.605. The molecule has 0 saturated heterocycles. The molecule has 3 N–H and O–H groups in total. The van der Waals surface area contributed by atoms with E-state index in [1.165, 1.54) is 16.4 Å². The zero-order valence-corrected chi connectivity index (χ0v) is 14.3. The fourth-order valence-electron chi connectivity index (χ4n) is 1.55. The monoisotopic (exact) mass is 389 g/mol. The number of aromatic nitrogens is 3. The summed E-state index contributed by atoms with van der Waals surface area (Å²) in [5.41, 5.74) is 0.667. The number of nitrogens with one attached hydrogen (secondary N) is 1. The van der Waals surface area contributed by atoms with Gasteiger partial charge in [0.15, 0.2) is 5.82 Å². The summed E-state index contributed by atoms with van der Waals surface area (Å²) in [6.07, 6.45) is 0.690. The number of nitrogens with zero attached hydrogens (tertiary/aromatic N) is 3. The molecule has 1 aromatic heterocycles. The van der Waals surface area contributed by atoms with E-state index in [1.54, 1.807) is 18.2 Å². The summed E-state index contributed by atoms with van der Waals surface area (Å²) in [5.74, 6) is 6.52. The molecule has 1 aromatic carbocycles. The number of amides is 1. The minimum atomic E-state index is -0.157. The van der Waals surface area contributed by atoms with Crippen molar-refractivity contribution in [2.24, 2.45) is 0 Å². The van der Waals surface area contributed by atoms with Gasteiger partial charge in [-0.25, -0.2) is 4.68 Å². The van der Waals surface area contributed by atoms with Gasteiger partial charge in [0.05, 0.1) is 10.8 Å². The van der Waals surface area contributed by atoms with Gasteiger partial charge >= 0.3 is 0 Å². The zero-order valence-electron chi connectivity index (χ0n) is 11.1. The van der Waals surface area contributed by atoms with Crippen LogP contribution in [0.2, 0.25) is 5.02 Å². The van der Waals surface area contributed by atoms with E-state index in [0.717, 1.165) is 4.47 Å². The summed E-state index contributed by atoms with van der Waals surface area (Å²) in [6.45, 7) is 1.94. The molecule has 0 aliphatic carbocycles. The van der Waals surface area contributed by atoms with Gasteiger partial charge < -0.3 is 11.2 Å². The van der Waals surface area contributed by atoms with Crippen LogP contribution in [0.25, 0.3) is 0 Å². The van der Waals surface area contributed by atoms with Gasteiger partial charge in [0.1, 0.15) is 0 Å². The molecule has 0 saturated carbocycles. The minimum absolute atomic E-state index is 0.157. The molecule has 112 valence electrons. The van der Waals surface area contributed by atoms with Crippen LogP contribution in [0, 0.1) is 0 Å². The van der Waals surface area contributed by atoms with Gasteiger partial charge in [0.25, 0.3) is 0 Å². The van der Waals surface area contributed by atoms with Crippen molar-refractivity contribution in [1.82, 2.24) is 14.9 Å². The minimum Gasteiger partial charge on any atom is -0.336 e. The van der Waals surface area contributed by atoms with Crippen LogP contribution in [0.4, 0.5) is 5.69 Å². The highest BCUT2D eigenvalue weighted by Crippen LogP contribution is 2.25. The van der Waals surface area contributed by atoms with E-state index in [4.69, 9.17) is 17.4 Å². The van der Waals surface area contributed by atoms with Gasteiger partial charge in [-0.15, -0.1) is 10.2 Å². The first-order valence-electron chi connectivity index (χ1n) is 6.08. The number of benzene rings is 1. The molecule has 0 aliphatic rings. The number of carbonyl (C=O) groups excluding carboxylic acids is 1. The van der Waals surface area contributed by atoms with E-state index in [0.29, 0.717) is 28.1 Å². The molecule has 0 fully saturated rings. The number of halogens is 2. The number of nitrogen functional groups attached to an aromatic ring is 1. The Labute approximate surface area is 139 Å². The van der Waals surface area contributed by atoms with E-state index in [-0.39, 0.29) is 11.7 Å². The Hall–Kier alpha value is -1.25. The normalized spacial score (nSPS) is 10.6. The molecule has 2 rings (SSSR count). The fourth-order valence-corrected chi connectivity index (χ4v) is 2.72. The van der Waals surface area contributed by atoms with Crippen LogP contribution in [0.5, 0.6) is 0 Å². The van der Waals surface area contributed by atoms with Crippen molar-refractivity contribution in [2.75, 3.05) is 16.9 Å². The molecule has 9 heteroatoms. The third-order valence-corrected chi connectivity index (χ3v) is 4.74. The molecule has 6 nitrogen and oxygen atoms in total. The second-order valence-corrected chi connectivity index (χ2v) is 6.29. The molecule has 1 heterocycles. The lowest BCUT2D eigenvalue weighted by atomic mass is 10.3. The number of carbonyl (C=O) groups is 1. The van der Waals surface area contributed by atoms with Crippen LogP contribution in [0.15, 0.2) is 27.8 Å². The van der Waals surface area contributed by atoms with Gasteiger partial charge in [0, 0.05) is 16.6 Å². The molecule has 0 aliphatic heterocycles. The van der Waals surface area contributed by atoms with Crippen LogP contribution in [-0.2, 0) is 11.2 Å². The van der Waals surface area contributed by atoms with Crippen LogP contribution in [0.3, 0.4) is 0 Å². The van der Waals surface area contributed by atoms with E-state index in [9.17, 15) is 4.79 Å². The second kappa shape index (κ2) is 7.15. The van der Waals surface area contributed by atoms with Gasteiger partial charge in [-0.3, -0.25) is 4.79 Å². The van der Waals surface area contributed by atoms with Crippen molar-refractivity contribution in [1.29, 1.82) is 0 Å². The third-order valence-electron chi connectivity index (χ3n) is 2.59. The summed E-state index contributed by atoms with van der Waals surface area (Å²) in [6, 6.07) is 5.18. The highest BCUT2D eigenvalue weighted by atomic mass is 79.9. The lowest BCUT2D eigenvalue weighted by molar-refractivity contribution is -0.113. The van der Waals surface area contributed by atoms with Gasteiger partial charge in [-0.2, -0.15) is 0 Å². The molecule has 1 amide bonds. The SMILES string of the molecule is CCc1nnc(SCC(=O)Nc2ccc(Cl)c(Br)c2)n1N. The van der Waals surface area contributed by atoms with Crippen molar-refractivity contribution in [3.05, 3.63) is 33.5 Å². The lowest BCUT2D eigenvalue weighted by Gasteiger charge is -2.06. The molecule has 2 aromatic rings. The summed E-state index contributed by atoms with van der Waals surface area (Å²) in [7, 11) is 0. The van der Waals surface area contributed by atoms with E-state index < -0.39 is 0 Å². The number of anilines is 1. The largest absolute Gasteiger partial charge is 0.336 e. The molecule has 21 heavy (non-hydrogen) atoms. The number of nitrogens with two attached hydrogens (primary N) is 1. The Morgan fingerprint density at radius 3 is 2.90 bits per heavy atom. The first-order chi connectivity index (χ1) is 10.0. The first kappa shape index (κ1) is 16.1. The predicted octanol–water partition coefficient (Wildman–Crippen LogP) is 2.70. The predicted molar refractivity (Wildman–Crippen MR) is 88.1 cm³/mol. The van der Waals surface area contributed by atoms with Gasteiger partial charge in [0.2, 0.25) is 11.1 Å². The Kier molecular flexibility index (Phi) is 5.49. The average molecular weight is 391 g/mol. The van der Waals surface area contributed by atoms with Gasteiger partial charge in [-0.1, -0.05) is 30.3 Å². The maximum Gasteiger partial charge on any atom is 0.234 e. The summed E-state index contributed by atoms with van der Waals surface area (Å²) in [4.78, 5) is 11.9. The Balaban J connectivity index is 1.92. The highest BCUT2D eigenvalue weighted by Gasteiger charge is 2.11. The Morgan fingerprint density at radius 2 is 2.29 bits per heavy atom. The van der Waals surface area contributed by atoms with E-state index in [1.807, 2.05) is 6.92 Å². The van der Waals surface area contributed by atoms with Crippen LogP contribution >= 0.6 is 39.3 Å². The van der Waals surface area contributed by atoms with E-state index in [2.05, 4.69) is 31.4 Å². The van der Waals surface area contributed by atoms with E-state index >= 15 is 0 Å². The van der Waals surface area contributed by atoms with Crippen molar-refractivity contribution in [3.63, 3.8) is 0 Å². The fraction of sp³-hybridized carbons (Fsp3) is 0.250. The molecular weight excluding hydrogens is 378 g/mol. The molecule has 0 atom stereocenters. The van der Waals surface area contributed by atoms with Gasteiger partial charge in [-0.05, 0) is 34.1 Å². The summed E-state index contributed by atoms with van der Waals surface area (Å²) >= 11 is 10.4. The molecule has 0 unspecified atom stereocenters. The molecular formula is C12H13BrClN5OS. The highest BCUT2D eigenvalue weighted by molar-refractivity contribution is 9.10. The number of hydrogen-bond acceptors (Lipinski definition) is 5. The second-order valence-electron chi connectivity index (χ2n) is 4.09. The Morgan fingerprint density at radius 1 is 1.52 bits per heavy atom. The van der Waals surface area contributed by atoms with Crippen LogP contribution < -0.4 is 11.2 Å². The number of thioether (sulfide) groups is 1. The topological polar surface area (TPSA) is 85.8 Å². The Bertz CT molecular complexity index is 663.